The molecule has 0 atom stereocenters. The van der Waals surface area contributed by atoms with E-state index in [0.717, 1.165) is 27.4 Å². The quantitative estimate of drug-likeness (QED) is 0.766. The number of fused-ring (bicyclic) bond motifs is 1. The molecule has 6 heteroatoms. The Bertz CT molecular complexity index is 731. The number of nitrogens with zero attached hydrogens (tertiary/aromatic N) is 3. The van der Waals surface area contributed by atoms with Gasteiger partial charge in [0, 0.05) is 6.54 Å². The van der Waals surface area contributed by atoms with E-state index in [0.29, 0.717) is 11.7 Å². The molecule has 1 aromatic carbocycles. The maximum Gasteiger partial charge on any atom is 0.180 e. The molecule has 5 nitrogen and oxygen atoms in total. The molecule has 3 aromatic rings. The van der Waals surface area contributed by atoms with Crippen LogP contribution in [0, 0.1) is 6.92 Å². The van der Waals surface area contributed by atoms with Gasteiger partial charge in [-0.3, -0.25) is 0 Å². The van der Waals surface area contributed by atoms with Crippen molar-refractivity contribution in [3.63, 3.8) is 0 Å². The number of hydrogen-bond acceptors (Lipinski definition) is 5. The first-order chi connectivity index (χ1) is 9.20. The van der Waals surface area contributed by atoms with Gasteiger partial charge in [-0.1, -0.05) is 23.5 Å². The molecule has 0 saturated carbocycles. The fraction of sp³-hybridized carbons (Fsp3) is 0.231. The Hall–Kier alpha value is -1.92. The third-order valence-electron chi connectivity index (χ3n) is 2.99. The van der Waals surface area contributed by atoms with Gasteiger partial charge in [-0.15, -0.1) is 0 Å². The first-order valence-corrected chi connectivity index (χ1v) is 6.81. The van der Waals surface area contributed by atoms with Crippen LogP contribution >= 0.6 is 11.3 Å². The first-order valence-electron chi connectivity index (χ1n) is 6.00. The second-order valence-electron chi connectivity index (χ2n) is 4.27. The van der Waals surface area contributed by atoms with E-state index in [9.17, 15) is 5.11 Å². The van der Waals surface area contributed by atoms with Crippen LogP contribution in [0.15, 0.2) is 24.3 Å². The minimum atomic E-state index is 0.0701. The van der Waals surface area contributed by atoms with Crippen molar-refractivity contribution in [3.8, 4) is 10.7 Å². The highest BCUT2D eigenvalue weighted by molar-refractivity contribution is 7.18. The van der Waals surface area contributed by atoms with Crippen LogP contribution in [0.1, 0.15) is 5.69 Å². The monoisotopic (exact) mass is 274 g/mol. The van der Waals surface area contributed by atoms with Gasteiger partial charge in [0.15, 0.2) is 11.0 Å². The molecule has 0 aliphatic rings. The average molecular weight is 274 g/mol. The number of thiazole rings is 1. The van der Waals surface area contributed by atoms with E-state index < -0.39 is 0 Å². The van der Waals surface area contributed by atoms with Crippen LogP contribution < -0.4 is 5.73 Å². The van der Waals surface area contributed by atoms with E-state index in [1.165, 1.54) is 11.3 Å². The lowest BCUT2D eigenvalue weighted by Gasteiger charge is -2.05. The number of benzene rings is 1. The zero-order valence-corrected chi connectivity index (χ0v) is 11.3. The zero-order valence-electron chi connectivity index (χ0n) is 10.5. The molecule has 0 saturated heterocycles. The molecule has 3 N–H and O–H groups in total. The Morgan fingerprint density at radius 1 is 1.32 bits per heavy atom. The van der Waals surface area contributed by atoms with Gasteiger partial charge in [0.05, 0.1) is 28.2 Å². The Kier molecular flexibility index (Phi) is 2.96. The van der Waals surface area contributed by atoms with Gasteiger partial charge < -0.3 is 15.4 Å². The number of aryl methyl sites for hydroxylation is 1. The van der Waals surface area contributed by atoms with Crippen molar-refractivity contribution in [3.05, 3.63) is 30.0 Å². The summed E-state index contributed by atoms with van der Waals surface area (Å²) in [4.78, 5) is 9.84. The Morgan fingerprint density at radius 2 is 2.11 bits per heavy atom. The molecule has 2 aromatic heterocycles. The van der Waals surface area contributed by atoms with Crippen molar-refractivity contribution in [2.45, 2.75) is 13.5 Å². The predicted molar refractivity (Wildman–Crippen MR) is 77.1 cm³/mol. The van der Waals surface area contributed by atoms with E-state index in [2.05, 4.69) is 9.97 Å². The van der Waals surface area contributed by atoms with Gasteiger partial charge >= 0.3 is 0 Å². The van der Waals surface area contributed by atoms with Gasteiger partial charge in [0.1, 0.15) is 0 Å². The number of hydrogen-bond donors (Lipinski definition) is 2. The van der Waals surface area contributed by atoms with Crippen LogP contribution in [-0.2, 0) is 6.54 Å². The smallest absolute Gasteiger partial charge is 0.180 e. The van der Waals surface area contributed by atoms with Gasteiger partial charge in [-0.05, 0) is 19.1 Å². The molecule has 0 spiro atoms. The van der Waals surface area contributed by atoms with E-state index in [-0.39, 0.29) is 6.61 Å². The second-order valence-corrected chi connectivity index (χ2v) is 5.30. The van der Waals surface area contributed by atoms with E-state index >= 15 is 0 Å². The number of nitrogens with two attached hydrogens (primary N) is 1. The summed E-state index contributed by atoms with van der Waals surface area (Å²) in [5.41, 5.74) is 8.55. The Labute approximate surface area is 114 Å². The summed E-state index contributed by atoms with van der Waals surface area (Å²) in [7, 11) is 0. The molecule has 0 radical (unpaired) electrons. The molecule has 98 valence electrons. The summed E-state index contributed by atoms with van der Waals surface area (Å²) in [5, 5.41) is 9.79. The van der Waals surface area contributed by atoms with Gasteiger partial charge in [0.25, 0.3) is 0 Å². The lowest BCUT2D eigenvalue weighted by Crippen LogP contribution is -2.03. The zero-order chi connectivity index (χ0) is 13.4. The second kappa shape index (κ2) is 4.64. The predicted octanol–water partition coefficient (Wildman–Crippen LogP) is 2.04. The van der Waals surface area contributed by atoms with Crippen molar-refractivity contribution in [1.82, 2.24) is 14.5 Å². The minimum Gasteiger partial charge on any atom is -0.395 e. The molecule has 0 bridgehead atoms. The normalized spacial score (nSPS) is 11.3. The largest absolute Gasteiger partial charge is 0.395 e. The maximum absolute atomic E-state index is 9.26. The van der Waals surface area contributed by atoms with E-state index in [1.54, 1.807) is 0 Å². The van der Waals surface area contributed by atoms with Crippen molar-refractivity contribution in [2.24, 2.45) is 0 Å². The number of rotatable bonds is 3. The van der Waals surface area contributed by atoms with Crippen molar-refractivity contribution in [2.75, 3.05) is 12.3 Å². The highest BCUT2D eigenvalue weighted by atomic mass is 32.1. The molecule has 0 aliphatic heterocycles. The lowest BCUT2D eigenvalue weighted by atomic mass is 10.3. The lowest BCUT2D eigenvalue weighted by molar-refractivity contribution is 0.278. The molecule has 0 amide bonds. The Morgan fingerprint density at radius 3 is 2.79 bits per heavy atom. The summed E-state index contributed by atoms with van der Waals surface area (Å²) < 4.78 is 2.01. The van der Waals surface area contributed by atoms with Crippen LogP contribution in [0.5, 0.6) is 0 Å². The topological polar surface area (TPSA) is 77.0 Å². The van der Waals surface area contributed by atoms with Gasteiger partial charge in [-0.2, -0.15) is 0 Å². The number of aromatic nitrogens is 3. The standard InChI is InChI=1S/C13H14N4OS/c1-8-11(19-13(14)15-8)12-16-9-4-2-3-5-10(9)17(12)6-7-18/h2-5,18H,6-7H2,1H3,(H2,14,15). The van der Waals surface area contributed by atoms with E-state index in [1.807, 2.05) is 35.8 Å². The van der Waals surface area contributed by atoms with E-state index in [4.69, 9.17) is 5.73 Å². The van der Waals surface area contributed by atoms with Gasteiger partial charge in [0.2, 0.25) is 0 Å². The molecular weight excluding hydrogens is 260 g/mol. The summed E-state index contributed by atoms with van der Waals surface area (Å²) in [6.07, 6.45) is 0. The van der Waals surface area contributed by atoms with Crippen LogP contribution in [0.3, 0.4) is 0 Å². The van der Waals surface area contributed by atoms with Crippen LogP contribution in [0.4, 0.5) is 5.13 Å². The molecule has 0 unspecified atom stereocenters. The molecule has 0 aliphatic carbocycles. The number of aliphatic hydroxyl groups excluding tert-OH is 1. The molecule has 0 fully saturated rings. The number of imidazole rings is 1. The van der Waals surface area contributed by atoms with Gasteiger partial charge in [-0.25, -0.2) is 9.97 Å². The Balaban J connectivity index is 2.27. The fourth-order valence-electron chi connectivity index (χ4n) is 2.20. The van der Waals surface area contributed by atoms with Crippen molar-refractivity contribution < 1.29 is 5.11 Å². The SMILES string of the molecule is Cc1nc(N)sc1-c1nc2ccccc2n1CCO. The highest BCUT2D eigenvalue weighted by Crippen LogP contribution is 2.32. The van der Waals surface area contributed by atoms with Crippen molar-refractivity contribution in [1.29, 1.82) is 0 Å². The fourth-order valence-corrected chi connectivity index (χ4v) is 3.03. The number of nitrogen functional groups attached to an aromatic ring is 1. The minimum absolute atomic E-state index is 0.0701. The maximum atomic E-state index is 9.26. The van der Waals surface area contributed by atoms with Crippen LogP contribution in [-0.4, -0.2) is 26.2 Å². The van der Waals surface area contributed by atoms with Crippen LogP contribution in [0.25, 0.3) is 21.7 Å². The molecule has 3 rings (SSSR count). The van der Waals surface area contributed by atoms with Crippen LogP contribution in [0.2, 0.25) is 0 Å². The molecular formula is C13H14N4OS. The summed E-state index contributed by atoms with van der Waals surface area (Å²) in [6, 6.07) is 7.89. The summed E-state index contributed by atoms with van der Waals surface area (Å²) in [6.45, 7) is 2.50. The first kappa shape index (κ1) is 12.1. The summed E-state index contributed by atoms with van der Waals surface area (Å²) in [5.74, 6) is 0.821. The number of anilines is 1. The molecule has 2 heterocycles. The van der Waals surface area contributed by atoms with Crippen molar-refractivity contribution >= 4 is 27.5 Å². The third kappa shape index (κ3) is 1.98. The average Bonchev–Trinajstić information content (AvgIpc) is 2.91. The summed E-state index contributed by atoms with van der Waals surface area (Å²) >= 11 is 1.42. The molecule has 19 heavy (non-hydrogen) atoms. The number of aliphatic hydroxyl groups is 1. The highest BCUT2D eigenvalue weighted by Gasteiger charge is 2.16. The third-order valence-corrected chi connectivity index (χ3v) is 3.98. The number of para-hydroxylation sites is 2.